The van der Waals surface area contributed by atoms with E-state index >= 15 is 0 Å². The Labute approximate surface area is 101 Å². The Morgan fingerprint density at radius 1 is 1.24 bits per heavy atom. The predicted octanol–water partition coefficient (Wildman–Crippen LogP) is 0.870. The lowest BCUT2D eigenvalue weighted by atomic mass is 10.1. The van der Waals surface area contributed by atoms with Crippen molar-refractivity contribution >= 4 is 11.8 Å². The fourth-order valence-corrected chi connectivity index (χ4v) is 1.34. The lowest BCUT2D eigenvalue weighted by molar-refractivity contribution is -0.131. The first-order valence-electron chi connectivity index (χ1n) is 5.68. The van der Waals surface area contributed by atoms with Gasteiger partial charge in [0.05, 0.1) is 6.04 Å². The van der Waals surface area contributed by atoms with Gasteiger partial charge in [-0.05, 0) is 26.0 Å². The molecule has 4 nitrogen and oxygen atoms in total. The summed E-state index contributed by atoms with van der Waals surface area (Å²) in [6, 6.07) is 9.37. The van der Waals surface area contributed by atoms with Crippen molar-refractivity contribution < 1.29 is 9.59 Å². The Morgan fingerprint density at radius 2 is 1.88 bits per heavy atom. The summed E-state index contributed by atoms with van der Waals surface area (Å²) >= 11 is 0. The molecule has 0 heterocycles. The highest BCUT2D eigenvalue weighted by Crippen LogP contribution is 2.02. The van der Waals surface area contributed by atoms with Crippen LogP contribution < -0.4 is 10.6 Å². The third-order valence-corrected chi connectivity index (χ3v) is 2.57. The van der Waals surface area contributed by atoms with Gasteiger partial charge < -0.3 is 5.32 Å². The van der Waals surface area contributed by atoms with Crippen LogP contribution in [0.4, 0.5) is 0 Å². The fourth-order valence-electron chi connectivity index (χ4n) is 1.34. The Balaban J connectivity index is 2.33. The SMILES string of the molecule is CN[C@@H](C)C(=O)NC(=O)CCc1ccccc1. The molecular weight excluding hydrogens is 216 g/mol. The molecule has 0 radical (unpaired) electrons. The first-order valence-corrected chi connectivity index (χ1v) is 5.68. The highest BCUT2D eigenvalue weighted by atomic mass is 16.2. The normalized spacial score (nSPS) is 11.9. The number of amides is 2. The van der Waals surface area contributed by atoms with Crippen molar-refractivity contribution in [2.24, 2.45) is 0 Å². The van der Waals surface area contributed by atoms with Crippen LogP contribution in [0.5, 0.6) is 0 Å². The van der Waals surface area contributed by atoms with Gasteiger partial charge in [-0.25, -0.2) is 0 Å². The van der Waals surface area contributed by atoms with Gasteiger partial charge in [0.15, 0.2) is 0 Å². The zero-order chi connectivity index (χ0) is 12.7. The topological polar surface area (TPSA) is 58.2 Å². The molecule has 1 atom stereocenters. The van der Waals surface area contributed by atoms with Crippen LogP contribution in [0.15, 0.2) is 30.3 Å². The summed E-state index contributed by atoms with van der Waals surface area (Å²) in [7, 11) is 1.68. The molecule has 1 aromatic rings. The van der Waals surface area contributed by atoms with Crippen LogP contribution in [0.3, 0.4) is 0 Å². The predicted molar refractivity (Wildman–Crippen MR) is 66.4 cm³/mol. The molecule has 2 amide bonds. The van der Waals surface area contributed by atoms with Gasteiger partial charge in [-0.15, -0.1) is 0 Å². The molecule has 0 fully saturated rings. The highest BCUT2D eigenvalue weighted by Gasteiger charge is 2.13. The van der Waals surface area contributed by atoms with Gasteiger partial charge in [-0.2, -0.15) is 0 Å². The minimum Gasteiger partial charge on any atom is -0.309 e. The Bertz CT molecular complexity index is 376. The summed E-state index contributed by atoms with van der Waals surface area (Å²) < 4.78 is 0. The van der Waals surface area contributed by atoms with E-state index in [-0.39, 0.29) is 17.9 Å². The highest BCUT2D eigenvalue weighted by molar-refractivity contribution is 5.97. The molecule has 0 saturated carbocycles. The summed E-state index contributed by atoms with van der Waals surface area (Å²) in [5, 5.41) is 5.14. The van der Waals surface area contributed by atoms with Crippen molar-refractivity contribution in [3.05, 3.63) is 35.9 Å². The van der Waals surface area contributed by atoms with Crippen LogP contribution in [0.2, 0.25) is 0 Å². The summed E-state index contributed by atoms with van der Waals surface area (Å²) in [6.45, 7) is 1.71. The molecule has 1 aromatic carbocycles. The standard InChI is InChI=1S/C13H18N2O2/c1-10(14-2)13(17)15-12(16)9-8-11-6-4-3-5-7-11/h3-7,10,14H,8-9H2,1-2H3,(H,15,16,17)/t10-/m0/s1. The van der Waals surface area contributed by atoms with Crippen molar-refractivity contribution in [3.8, 4) is 0 Å². The lowest BCUT2D eigenvalue weighted by Crippen LogP contribution is -2.43. The first kappa shape index (κ1) is 13.4. The van der Waals surface area contributed by atoms with Gasteiger partial charge in [0, 0.05) is 6.42 Å². The van der Waals surface area contributed by atoms with E-state index in [1.807, 2.05) is 30.3 Å². The molecule has 0 spiro atoms. The van der Waals surface area contributed by atoms with E-state index in [0.29, 0.717) is 12.8 Å². The van der Waals surface area contributed by atoms with Crippen molar-refractivity contribution in [1.29, 1.82) is 0 Å². The lowest BCUT2D eigenvalue weighted by Gasteiger charge is -2.09. The molecule has 17 heavy (non-hydrogen) atoms. The Hall–Kier alpha value is -1.68. The maximum absolute atomic E-state index is 11.5. The van der Waals surface area contributed by atoms with Crippen LogP contribution in [-0.2, 0) is 16.0 Å². The van der Waals surface area contributed by atoms with E-state index in [9.17, 15) is 9.59 Å². The summed E-state index contributed by atoms with van der Waals surface area (Å²) in [4.78, 5) is 22.9. The number of nitrogens with one attached hydrogen (secondary N) is 2. The monoisotopic (exact) mass is 234 g/mol. The summed E-state index contributed by atoms with van der Waals surface area (Å²) in [5.74, 6) is -0.522. The number of imide groups is 1. The number of rotatable bonds is 5. The molecule has 1 rings (SSSR count). The molecule has 92 valence electrons. The first-order chi connectivity index (χ1) is 8.13. The minimum absolute atomic E-state index is 0.235. The van der Waals surface area contributed by atoms with Gasteiger partial charge >= 0.3 is 0 Å². The van der Waals surface area contributed by atoms with Crippen molar-refractivity contribution in [2.45, 2.75) is 25.8 Å². The molecular formula is C13H18N2O2. The molecule has 4 heteroatoms. The van der Waals surface area contributed by atoms with Crippen LogP contribution in [0, 0.1) is 0 Å². The molecule has 0 saturated heterocycles. The quantitative estimate of drug-likeness (QED) is 0.794. The number of aryl methyl sites for hydroxylation is 1. The molecule has 2 N–H and O–H groups in total. The molecule has 0 bridgehead atoms. The van der Waals surface area contributed by atoms with Gasteiger partial charge in [-0.1, -0.05) is 30.3 Å². The number of hydrogen-bond acceptors (Lipinski definition) is 3. The number of carbonyl (C=O) groups is 2. The maximum atomic E-state index is 11.5. The summed E-state index contributed by atoms with van der Waals surface area (Å²) in [6.07, 6.45) is 0.972. The van der Waals surface area contributed by atoms with Gasteiger partial charge in [-0.3, -0.25) is 14.9 Å². The second-order valence-corrected chi connectivity index (χ2v) is 3.91. The molecule has 0 aromatic heterocycles. The van der Waals surface area contributed by atoms with E-state index in [1.54, 1.807) is 14.0 Å². The third-order valence-electron chi connectivity index (χ3n) is 2.57. The summed E-state index contributed by atoms with van der Waals surface area (Å²) in [5.41, 5.74) is 1.09. The van der Waals surface area contributed by atoms with E-state index in [4.69, 9.17) is 0 Å². The molecule has 0 aliphatic carbocycles. The molecule has 0 aliphatic rings. The minimum atomic E-state index is -0.351. The maximum Gasteiger partial charge on any atom is 0.243 e. The van der Waals surface area contributed by atoms with Gasteiger partial charge in [0.25, 0.3) is 0 Å². The van der Waals surface area contributed by atoms with Crippen LogP contribution in [0.1, 0.15) is 18.9 Å². The zero-order valence-corrected chi connectivity index (χ0v) is 10.2. The van der Waals surface area contributed by atoms with E-state index in [1.165, 1.54) is 0 Å². The zero-order valence-electron chi connectivity index (χ0n) is 10.2. The average Bonchev–Trinajstić information content (AvgIpc) is 2.36. The number of carbonyl (C=O) groups excluding carboxylic acids is 2. The largest absolute Gasteiger partial charge is 0.309 e. The van der Waals surface area contributed by atoms with Crippen molar-refractivity contribution in [3.63, 3.8) is 0 Å². The number of benzene rings is 1. The third kappa shape index (κ3) is 4.78. The Morgan fingerprint density at radius 3 is 2.47 bits per heavy atom. The number of hydrogen-bond donors (Lipinski definition) is 2. The van der Waals surface area contributed by atoms with Gasteiger partial charge in [0.1, 0.15) is 0 Å². The van der Waals surface area contributed by atoms with Gasteiger partial charge in [0.2, 0.25) is 11.8 Å². The van der Waals surface area contributed by atoms with Crippen LogP contribution in [0.25, 0.3) is 0 Å². The van der Waals surface area contributed by atoms with E-state index < -0.39 is 0 Å². The second kappa shape index (κ2) is 6.81. The van der Waals surface area contributed by atoms with Crippen molar-refractivity contribution in [1.82, 2.24) is 10.6 Å². The van der Waals surface area contributed by atoms with Crippen LogP contribution >= 0.6 is 0 Å². The smallest absolute Gasteiger partial charge is 0.243 e. The molecule has 0 unspecified atom stereocenters. The number of likely N-dealkylation sites (N-methyl/N-ethyl adjacent to an activating group) is 1. The Kier molecular flexibility index (Phi) is 5.36. The van der Waals surface area contributed by atoms with E-state index in [2.05, 4.69) is 10.6 Å². The second-order valence-electron chi connectivity index (χ2n) is 3.91. The fraction of sp³-hybridized carbons (Fsp3) is 0.385. The van der Waals surface area contributed by atoms with Crippen LogP contribution in [-0.4, -0.2) is 24.9 Å². The average molecular weight is 234 g/mol. The van der Waals surface area contributed by atoms with E-state index in [0.717, 1.165) is 5.56 Å². The molecule has 0 aliphatic heterocycles. The van der Waals surface area contributed by atoms with Crippen molar-refractivity contribution in [2.75, 3.05) is 7.05 Å².